The summed E-state index contributed by atoms with van der Waals surface area (Å²) in [6.45, 7) is 6.30. The van der Waals surface area contributed by atoms with E-state index in [2.05, 4.69) is 5.32 Å². The van der Waals surface area contributed by atoms with Gasteiger partial charge in [-0.3, -0.25) is 9.59 Å². The zero-order valence-corrected chi connectivity index (χ0v) is 14.5. The Balaban J connectivity index is 2.22. The molecule has 0 fully saturated rings. The summed E-state index contributed by atoms with van der Waals surface area (Å²) < 4.78 is 0. The van der Waals surface area contributed by atoms with Gasteiger partial charge in [0.25, 0.3) is 0 Å². The van der Waals surface area contributed by atoms with E-state index in [0.717, 1.165) is 5.56 Å². The number of nitrogens with one attached hydrogen (secondary N) is 1. The van der Waals surface area contributed by atoms with Crippen LogP contribution in [-0.4, -0.2) is 36.1 Å². The Morgan fingerprint density at radius 3 is 2.74 bits per heavy atom. The van der Waals surface area contributed by atoms with Crippen molar-refractivity contribution in [2.24, 2.45) is 0 Å². The molecule has 0 spiro atoms. The van der Waals surface area contributed by atoms with Crippen molar-refractivity contribution in [1.29, 1.82) is 0 Å². The molecule has 1 aliphatic heterocycles. The average Bonchev–Trinajstić information content (AvgIpc) is 2.78. The minimum absolute atomic E-state index is 0.0256. The molecule has 0 aromatic heterocycles. The monoisotopic (exact) mass is 338 g/mol. The van der Waals surface area contributed by atoms with Crippen LogP contribution in [-0.2, 0) is 15.0 Å². The Hall–Kier alpha value is -1.59. The lowest BCUT2D eigenvalue weighted by molar-refractivity contribution is -0.138. The van der Waals surface area contributed by atoms with Crippen LogP contribution in [0.15, 0.2) is 18.2 Å². The molecule has 0 bridgehead atoms. The van der Waals surface area contributed by atoms with Crippen molar-refractivity contribution >= 4 is 29.1 Å². The van der Waals surface area contributed by atoms with E-state index in [1.807, 2.05) is 26.8 Å². The standard InChI is InChI=1S/C17H23ClN2O3/c1-4-11(8-9-21)19-15(22)16(23)20-10-17(2,3)14-12(18)6-5-7-13(14)20/h5-7,11,21H,4,8-10H2,1-3H3,(H,19,22). The van der Waals surface area contributed by atoms with Gasteiger partial charge in [0.05, 0.1) is 0 Å². The summed E-state index contributed by atoms with van der Waals surface area (Å²) in [6, 6.07) is 5.18. The van der Waals surface area contributed by atoms with Gasteiger partial charge < -0.3 is 15.3 Å². The van der Waals surface area contributed by atoms with Crippen LogP contribution in [0, 0.1) is 0 Å². The largest absolute Gasteiger partial charge is 0.396 e. The first-order chi connectivity index (χ1) is 10.8. The van der Waals surface area contributed by atoms with Gasteiger partial charge in [-0.25, -0.2) is 0 Å². The molecule has 2 amide bonds. The Morgan fingerprint density at radius 2 is 2.13 bits per heavy atom. The van der Waals surface area contributed by atoms with Gasteiger partial charge >= 0.3 is 11.8 Å². The molecular weight excluding hydrogens is 316 g/mol. The van der Waals surface area contributed by atoms with E-state index in [1.165, 1.54) is 4.90 Å². The molecule has 1 aliphatic rings. The molecule has 1 heterocycles. The summed E-state index contributed by atoms with van der Waals surface area (Å²) >= 11 is 6.29. The molecule has 0 saturated heterocycles. The summed E-state index contributed by atoms with van der Waals surface area (Å²) in [6.07, 6.45) is 1.09. The number of nitrogens with zero attached hydrogens (tertiary/aromatic N) is 1. The minimum atomic E-state index is -0.645. The van der Waals surface area contributed by atoms with Crippen LogP contribution in [0.2, 0.25) is 5.02 Å². The number of hydrogen-bond acceptors (Lipinski definition) is 3. The highest BCUT2D eigenvalue weighted by atomic mass is 35.5. The van der Waals surface area contributed by atoms with Gasteiger partial charge in [-0.1, -0.05) is 38.4 Å². The normalized spacial score (nSPS) is 16.8. The third-order valence-electron chi connectivity index (χ3n) is 4.26. The van der Waals surface area contributed by atoms with Crippen molar-refractivity contribution in [1.82, 2.24) is 5.32 Å². The number of carbonyl (C=O) groups is 2. The number of fused-ring (bicyclic) bond motifs is 1. The van der Waals surface area contributed by atoms with Crippen LogP contribution in [0.5, 0.6) is 0 Å². The number of amides is 2. The number of aliphatic hydroxyl groups is 1. The second kappa shape index (κ2) is 6.89. The zero-order chi connectivity index (χ0) is 17.2. The molecule has 5 nitrogen and oxygen atoms in total. The molecule has 0 radical (unpaired) electrons. The summed E-state index contributed by atoms with van der Waals surface area (Å²) in [5.74, 6) is -1.23. The lowest BCUT2D eigenvalue weighted by Gasteiger charge is -2.22. The second-order valence-electron chi connectivity index (χ2n) is 6.50. The molecule has 1 aromatic carbocycles. The molecule has 1 unspecified atom stereocenters. The fourth-order valence-electron chi connectivity index (χ4n) is 3.05. The maximum Gasteiger partial charge on any atom is 0.316 e. The second-order valence-corrected chi connectivity index (χ2v) is 6.91. The third-order valence-corrected chi connectivity index (χ3v) is 4.57. The van der Waals surface area contributed by atoms with Crippen molar-refractivity contribution in [3.63, 3.8) is 0 Å². The van der Waals surface area contributed by atoms with Gasteiger partial charge in [0.2, 0.25) is 0 Å². The van der Waals surface area contributed by atoms with E-state index >= 15 is 0 Å². The first-order valence-electron chi connectivity index (χ1n) is 7.84. The van der Waals surface area contributed by atoms with Gasteiger partial charge in [0, 0.05) is 40.9 Å². The van der Waals surface area contributed by atoms with E-state index in [0.29, 0.717) is 30.1 Å². The van der Waals surface area contributed by atoms with Crippen molar-refractivity contribution in [2.75, 3.05) is 18.1 Å². The van der Waals surface area contributed by atoms with Gasteiger partial charge in [0.1, 0.15) is 0 Å². The van der Waals surface area contributed by atoms with Gasteiger partial charge in [0.15, 0.2) is 0 Å². The molecule has 2 rings (SSSR count). The Bertz CT molecular complexity index is 616. The van der Waals surface area contributed by atoms with Crippen molar-refractivity contribution in [2.45, 2.75) is 45.1 Å². The van der Waals surface area contributed by atoms with Gasteiger partial charge in [-0.15, -0.1) is 0 Å². The SMILES string of the molecule is CCC(CCO)NC(=O)C(=O)N1CC(C)(C)c2c(Cl)cccc21. The minimum Gasteiger partial charge on any atom is -0.396 e. The van der Waals surface area contributed by atoms with Crippen LogP contribution in [0.25, 0.3) is 0 Å². The Morgan fingerprint density at radius 1 is 1.43 bits per heavy atom. The molecule has 126 valence electrons. The number of halogens is 1. The van der Waals surface area contributed by atoms with Crippen LogP contribution in [0.4, 0.5) is 5.69 Å². The van der Waals surface area contributed by atoms with Crippen LogP contribution < -0.4 is 10.2 Å². The van der Waals surface area contributed by atoms with Gasteiger partial charge in [-0.2, -0.15) is 0 Å². The number of rotatable bonds is 4. The van der Waals surface area contributed by atoms with E-state index < -0.39 is 11.8 Å². The number of carbonyl (C=O) groups excluding carboxylic acids is 2. The number of benzene rings is 1. The quantitative estimate of drug-likeness (QED) is 0.827. The predicted octanol–water partition coefficient (Wildman–Crippen LogP) is 2.24. The molecular formula is C17H23ClN2O3. The first-order valence-corrected chi connectivity index (χ1v) is 8.21. The first kappa shape index (κ1) is 17.8. The Labute approximate surface area is 141 Å². The Kier molecular flexibility index (Phi) is 5.32. The average molecular weight is 339 g/mol. The predicted molar refractivity (Wildman–Crippen MR) is 90.8 cm³/mol. The van der Waals surface area contributed by atoms with E-state index in [1.54, 1.807) is 12.1 Å². The molecule has 1 atom stereocenters. The molecule has 0 aliphatic carbocycles. The topological polar surface area (TPSA) is 69.6 Å². The van der Waals surface area contributed by atoms with Crippen molar-refractivity contribution in [3.05, 3.63) is 28.8 Å². The maximum absolute atomic E-state index is 12.6. The molecule has 1 aromatic rings. The number of aliphatic hydroxyl groups excluding tert-OH is 1. The number of anilines is 1. The summed E-state index contributed by atoms with van der Waals surface area (Å²) in [7, 11) is 0. The molecule has 0 saturated carbocycles. The number of hydrogen-bond donors (Lipinski definition) is 2. The highest BCUT2D eigenvalue weighted by molar-refractivity contribution is 6.41. The van der Waals surface area contributed by atoms with E-state index in [9.17, 15) is 9.59 Å². The third kappa shape index (κ3) is 3.51. The summed E-state index contributed by atoms with van der Waals surface area (Å²) in [5.41, 5.74) is 1.28. The lowest BCUT2D eigenvalue weighted by atomic mass is 9.87. The zero-order valence-electron chi connectivity index (χ0n) is 13.7. The van der Waals surface area contributed by atoms with E-state index in [4.69, 9.17) is 16.7 Å². The van der Waals surface area contributed by atoms with E-state index in [-0.39, 0.29) is 18.1 Å². The summed E-state index contributed by atoms with van der Waals surface area (Å²) in [5, 5.41) is 12.3. The van der Waals surface area contributed by atoms with Crippen LogP contribution in [0.3, 0.4) is 0 Å². The van der Waals surface area contributed by atoms with Crippen molar-refractivity contribution < 1.29 is 14.7 Å². The molecule has 6 heteroatoms. The summed E-state index contributed by atoms with van der Waals surface area (Å²) in [4.78, 5) is 26.3. The maximum atomic E-state index is 12.6. The molecule has 2 N–H and O–H groups in total. The highest BCUT2D eigenvalue weighted by Crippen LogP contribution is 2.44. The van der Waals surface area contributed by atoms with Crippen LogP contribution in [0.1, 0.15) is 39.2 Å². The van der Waals surface area contributed by atoms with Crippen molar-refractivity contribution in [3.8, 4) is 0 Å². The molecule has 23 heavy (non-hydrogen) atoms. The van der Waals surface area contributed by atoms with Crippen LogP contribution >= 0.6 is 11.6 Å². The fourth-order valence-corrected chi connectivity index (χ4v) is 3.48. The highest BCUT2D eigenvalue weighted by Gasteiger charge is 2.41. The smallest absolute Gasteiger partial charge is 0.316 e. The lowest BCUT2D eigenvalue weighted by Crippen LogP contribution is -2.47. The van der Waals surface area contributed by atoms with Gasteiger partial charge in [-0.05, 0) is 25.0 Å². The fraction of sp³-hybridized carbons (Fsp3) is 0.529.